The fourth-order valence-electron chi connectivity index (χ4n) is 4.83. The van der Waals surface area contributed by atoms with E-state index in [0.29, 0.717) is 35.8 Å². The van der Waals surface area contributed by atoms with Gasteiger partial charge in [0, 0.05) is 36.9 Å². The molecule has 1 aliphatic rings. The maximum Gasteiger partial charge on any atom is 0.416 e. The molecule has 0 fully saturated rings. The predicted octanol–water partition coefficient (Wildman–Crippen LogP) is 5.84. The number of nitrogens with one attached hydrogen (secondary N) is 2. The van der Waals surface area contributed by atoms with Crippen molar-refractivity contribution in [3.8, 4) is 5.75 Å². The number of carbonyl (C=O) groups is 2. The van der Waals surface area contributed by atoms with Crippen molar-refractivity contribution >= 4 is 23.3 Å². The Balaban J connectivity index is 1.53. The Morgan fingerprint density at radius 3 is 2.33 bits per heavy atom. The van der Waals surface area contributed by atoms with Crippen molar-refractivity contribution in [2.24, 2.45) is 5.92 Å². The Morgan fingerprint density at radius 1 is 1.07 bits per heavy atom. The highest BCUT2D eigenvalue weighted by Crippen LogP contribution is 2.32. The van der Waals surface area contributed by atoms with Gasteiger partial charge >= 0.3 is 12.2 Å². The van der Waals surface area contributed by atoms with Crippen molar-refractivity contribution in [3.05, 3.63) is 89.2 Å². The highest BCUT2D eigenvalue weighted by Gasteiger charge is 2.34. The Morgan fingerprint density at radius 2 is 1.70 bits per heavy atom. The summed E-state index contributed by atoms with van der Waals surface area (Å²) in [6, 6.07) is 13.8. The zero-order valence-electron chi connectivity index (χ0n) is 24.0. The van der Waals surface area contributed by atoms with Crippen LogP contribution in [-0.2, 0) is 12.7 Å². The summed E-state index contributed by atoms with van der Waals surface area (Å²) in [4.78, 5) is 29.7. The van der Waals surface area contributed by atoms with Crippen LogP contribution in [0.25, 0.3) is 0 Å². The summed E-state index contributed by atoms with van der Waals surface area (Å²) in [5.41, 5.74) is 0.884. The third kappa shape index (κ3) is 8.23. The van der Waals surface area contributed by atoms with E-state index in [9.17, 15) is 32.3 Å². The van der Waals surface area contributed by atoms with Crippen LogP contribution in [0.2, 0.25) is 0 Å². The predicted molar refractivity (Wildman–Crippen MR) is 154 cm³/mol. The van der Waals surface area contributed by atoms with Crippen LogP contribution in [0.5, 0.6) is 5.75 Å². The molecule has 3 N–H and O–H groups in total. The summed E-state index contributed by atoms with van der Waals surface area (Å²) in [6.07, 6.45) is -4.82. The molecule has 0 aromatic heterocycles. The van der Waals surface area contributed by atoms with Crippen LogP contribution in [0, 0.1) is 11.7 Å². The van der Waals surface area contributed by atoms with Crippen LogP contribution in [0.1, 0.15) is 35.3 Å². The monoisotopic (exact) mass is 602 g/mol. The lowest BCUT2D eigenvalue weighted by atomic mass is 9.99. The Bertz CT molecular complexity index is 1420. The molecule has 4 rings (SSSR count). The van der Waals surface area contributed by atoms with Gasteiger partial charge in [0.1, 0.15) is 17.7 Å². The zero-order chi connectivity index (χ0) is 31.3. The quantitative estimate of drug-likeness (QED) is 0.282. The molecular weight excluding hydrogens is 568 g/mol. The van der Waals surface area contributed by atoms with E-state index in [0.717, 1.165) is 12.1 Å². The Hall–Kier alpha value is -4.16. The van der Waals surface area contributed by atoms with E-state index in [4.69, 9.17) is 4.74 Å². The summed E-state index contributed by atoms with van der Waals surface area (Å²) in [5.74, 6) is -0.682. The maximum absolute atomic E-state index is 13.6. The number of hydrogen-bond acceptors (Lipinski definition) is 5. The molecule has 230 valence electrons. The molecule has 0 spiro atoms. The van der Waals surface area contributed by atoms with Crippen molar-refractivity contribution in [3.63, 3.8) is 0 Å². The molecule has 0 saturated heterocycles. The SMILES string of the molecule is C[C@H]1CN([C@@H](C)CO)C(=O)c2cc(NC(=O)Nc3ccc(F)cc3)ccc2O[C@H]1CN(C)Cc1ccc(C(F)(F)F)cc1. The first kappa shape index (κ1) is 31.8. The number of anilines is 2. The van der Waals surface area contributed by atoms with Crippen LogP contribution in [0.4, 0.5) is 33.7 Å². The third-order valence-corrected chi connectivity index (χ3v) is 7.25. The number of nitrogens with zero attached hydrogens (tertiary/aromatic N) is 2. The molecule has 0 saturated carbocycles. The van der Waals surface area contributed by atoms with Gasteiger partial charge in [0.15, 0.2) is 0 Å². The summed E-state index contributed by atoms with van der Waals surface area (Å²) < 4.78 is 58.4. The summed E-state index contributed by atoms with van der Waals surface area (Å²) in [7, 11) is 1.83. The number of halogens is 4. The minimum atomic E-state index is -4.41. The molecule has 12 heteroatoms. The number of ether oxygens (including phenoxy) is 1. The van der Waals surface area contributed by atoms with Gasteiger partial charge in [-0.2, -0.15) is 13.2 Å². The van der Waals surface area contributed by atoms with Crippen molar-refractivity contribution in [2.75, 3.05) is 37.4 Å². The number of aliphatic hydroxyl groups excluding tert-OH is 1. The normalized spacial score (nSPS) is 17.9. The van der Waals surface area contributed by atoms with Crippen molar-refractivity contribution < 1.29 is 37.0 Å². The number of urea groups is 1. The number of amides is 3. The van der Waals surface area contributed by atoms with E-state index in [1.807, 2.05) is 18.9 Å². The van der Waals surface area contributed by atoms with E-state index in [2.05, 4.69) is 10.6 Å². The number of fused-ring (bicyclic) bond motifs is 1. The van der Waals surface area contributed by atoms with Crippen LogP contribution < -0.4 is 15.4 Å². The van der Waals surface area contributed by atoms with Crippen molar-refractivity contribution in [1.82, 2.24) is 9.80 Å². The molecule has 3 aromatic carbocycles. The van der Waals surface area contributed by atoms with Gasteiger partial charge in [-0.3, -0.25) is 9.69 Å². The highest BCUT2D eigenvalue weighted by atomic mass is 19.4. The van der Waals surface area contributed by atoms with E-state index >= 15 is 0 Å². The number of rotatable bonds is 8. The molecule has 43 heavy (non-hydrogen) atoms. The van der Waals surface area contributed by atoms with E-state index in [1.165, 1.54) is 42.5 Å². The van der Waals surface area contributed by atoms with Gasteiger partial charge in [-0.05, 0) is 74.1 Å². The second-order valence-corrected chi connectivity index (χ2v) is 10.8. The first-order valence-electron chi connectivity index (χ1n) is 13.7. The lowest BCUT2D eigenvalue weighted by molar-refractivity contribution is -0.137. The minimum absolute atomic E-state index is 0.166. The molecule has 3 amide bonds. The van der Waals surface area contributed by atoms with Gasteiger partial charge in [0.2, 0.25) is 0 Å². The fraction of sp³-hybridized carbons (Fsp3) is 0.355. The topological polar surface area (TPSA) is 94.1 Å². The molecule has 0 radical (unpaired) electrons. The number of aliphatic hydroxyl groups is 1. The van der Waals surface area contributed by atoms with Gasteiger partial charge in [-0.15, -0.1) is 0 Å². The van der Waals surface area contributed by atoms with Crippen LogP contribution in [0.3, 0.4) is 0 Å². The molecule has 3 aromatic rings. The number of benzene rings is 3. The standard InChI is InChI=1S/C31H34F4N4O4/c1-19-15-39(20(2)18-40)29(41)26-14-25(37-30(42)36-24-10-8-23(32)9-11-24)12-13-27(26)43-28(19)17-38(3)16-21-4-6-22(7-5-21)31(33,34)35/h4-14,19-20,28,40H,15-18H2,1-3H3,(H2,36,37,42)/t19-,20-,28-/m0/s1. The summed E-state index contributed by atoms with van der Waals surface area (Å²) in [6.45, 7) is 4.46. The summed E-state index contributed by atoms with van der Waals surface area (Å²) >= 11 is 0. The molecule has 0 aliphatic carbocycles. The van der Waals surface area contributed by atoms with Crippen LogP contribution in [0.15, 0.2) is 66.7 Å². The molecule has 8 nitrogen and oxygen atoms in total. The average Bonchev–Trinajstić information content (AvgIpc) is 2.95. The first-order chi connectivity index (χ1) is 20.3. The van der Waals surface area contributed by atoms with Crippen molar-refractivity contribution in [2.45, 2.75) is 38.7 Å². The first-order valence-corrected chi connectivity index (χ1v) is 13.7. The van der Waals surface area contributed by atoms with Gasteiger partial charge in [-0.25, -0.2) is 9.18 Å². The van der Waals surface area contributed by atoms with Crippen LogP contribution >= 0.6 is 0 Å². The lowest BCUT2D eigenvalue weighted by Crippen LogP contribution is -2.49. The average molecular weight is 603 g/mol. The fourth-order valence-corrected chi connectivity index (χ4v) is 4.83. The van der Waals surface area contributed by atoms with Crippen molar-refractivity contribution in [1.29, 1.82) is 0 Å². The summed E-state index contributed by atoms with van der Waals surface area (Å²) in [5, 5.41) is 15.1. The molecule has 1 aliphatic heterocycles. The molecule has 0 bridgehead atoms. The second-order valence-electron chi connectivity index (χ2n) is 10.8. The van der Waals surface area contributed by atoms with Gasteiger partial charge < -0.3 is 25.4 Å². The zero-order valence-corrected chi connectivity index (χ0v) is 24.0. The van der Waals surface area contributed by atoms with E-state index < -0.39 is 35.7 Å². The number of alkyl halides is 3. The minimum Gasteiger partial charge on any atom is -0.488 e. The number of hydrogen-bond donors (Lipinski definition) is 3. The second kappa shape index (κ2) is 13.4. The highest BCUT2D eigenvalue weighted by molar-refractivity contribution is 6.02. The van der Waals surface area contributed by atoms with Crippen LogP contribution in [-0.4, -0.2) is 65.7 Å². The maximum atomic E-state index is 13.6. The molecular formula is C31H34F4N4O4. The van der Waals surface area contributed by atoms with Gasteiger partial charge in [0.05, 0.1) is 23.8 Å². The molecule has 1 heterocycles. The number of likely N-dealkylation sites (N-methyl/N-ethyl adjacent to an activating group) is 1. The van der Waals surface area contributed by atoms with Gasteiger partial charge in [0.25, 0.3) is 5.91 Å². The van der Waals surface area contributed by atoms with Gasteiger partial charge in [-0.1, -0.05) is 19.1 Å². The smallest absolute Gasteiger partial charge is 0.416 e. The number of carbonyl (C=O) groups excluding carboxylic acids is 2. The lowest BCUT2D eigenvalue weighted by Gasteiger charge is -2.38. The van der Waals surface area contributed by atoms with E-state index in [1.54, 1.807) is 24.0 Å². The Kier molecular flexibility index (Phi) is 9.92. The van der Waals surface area contributed by atoms with E-state index in [-0.39, 0.29) is 30.5 Å². The Labute approximate surface area is 247 Å². The molecule has 0 unspecified atom stereocenters. The third-order valence-electron chi connectivity index (χ3n) is 7.25. The largest absolute Gasteiger partial charge is 0.488 e. The molecule has 3 atom stereocenters.